The van der Waals surface area contributed by atoms with E-state index in [-0.39, 0.29) is 27.8 Å². The molecular weight excluding hydrogens is 571 g/mol. The quantitative estimate of drug-likeness (QED) is 0.214. The summed E-state index contributed by atoms with van der Waals surface area (Å²) >= 11 is 0. The summed E-state index contributed by atoms with van der Waals surface area (Å²) in [6, 6.07) is 30.8. The Morgan fingerprint density at radius 3 is 1.25 bits per heavy atom. The lowest BCUT2D eigenvalue weighted by molar-refractivity contribution is 0.580. The number of hydrogen-bond donors (Lipinski definition) is 3. The van der Waals surface area contributed by atoms with Crippen LogP contribution in [-0.4, -0.2) is 25.3 Å². The molecule has 0 saturated carbocycles. The Balaban J connectivity index is 1.83. The summed E-state index contributed by atoms with van der Waals surface area (Å²) in [6.45, 7) is 0. The highest BCUT2D eigenvalue weighted by Gasteiger charge is 2.37. The monoisotopic (exact) mass is 593 g/mol. The topological polar surface area (TPSA) is 139 Å². The second kappa shape index (κ2) is 10.6. The molecule has 0 radical (unpaired) electrons. The molecule has 0 spiro atoms. The molecule has 0 unspecified atom stereocenters. The van der Waals surface area contributed by atoms with E-state index < -0.39 is 44.8 Å². The van der Waals surface area contributed by atoms with Crippen molar-refractivity contribution in [2.24, 2.45) is 0 Å². The molecule has 0 atom stereocenters. The molecule has 40 heavy (non-hydrogen) atoms. The van der Waals surface area contributed by atoms with Gasteiger partial charge in [-0.3, -0.25) is 14.2 Å². The Labute approximate surface area is 232 Å². The van der Waals surface area contributed by atoms with Crippen LogP contribution in [0.15, 0.2) is 136 Å². The van der Waals surface area contributed by atoms with Crippen molar-refractivity contribution < 1.29 is 25.3 Å². The largest absolute Gasteiger partial charge is 0.280 e. The number of anilines is 3. The normalized spacial score (nSPS) is 12.1. The third-order valence-electron chi connectivity index (χ3n) is 5.83. The molecule has 0 aromatic heterocycles. The fourth-order valence-electron chi connectivity index (χ4n) is 4.13. The Bertz CT molecular complexity index is 2000. The first-order valence-corrected chi connectivity index (χ1v) is 16.3. The molecule has 12 heteroatoms. The Kier molecular flexibility index (Phi) is 7.23. The van der Waals surface area contributed by atoms with Gasteiger partial charge in [-0.05, 0) is 47.9 Å². The van der Waals surface area contributed by atoms with E-state index in [4.69, 9.17) is 0 Å². The molecule has 3 N–H and O–H groups in total. The molecular formula is C28H23N3O6S3. The van der Waals surface area contributed by atoms with Crippen molar-refractivity contribution in [3.05, 3.63) is 121 Å². The van der Waals surface area contributed by atoms with Crippen LogP contribution in [-0.2, 0) is 30.1 Å². The van der Waals surface area contributed by atoms with Crippen LogP contribution in [0.2, 0.25) is 0 Å². The molecule has 5 aromatic rings. The average molecular weight is 594 g/mol. The van der Waals surface area contributed by atoms with Crippen LogP contribution in [0.4, 0.5) is 17.1 Å². The minimum absolute atomic E-state index is 0.0260. The summed E-state index contributed by atoms with van der Waals surface area (Å²) in [7, 11) is -14.1. The molecule has 9 nitrogen and oxygen atoms in total. The maximum atomic E-state index is 14.0. The van der Waals surface area contributed by atoms with E-state index in [0.29, 0.717) is 0 Å². The number of hydrogen-bond acceptors (Lipinski definition) is 6. The van der Waals surface area contributed by atoms with Gasteiger partial charge in [0.05, 0.1) is 0 Å². The molecule has 0 amide bonds. The zero-order valence-electron chi connectivity index (χ0n) is 20.7. The average Bonchev–Trinajstić information content (AvgIpc) is 2.93. The fourth-order valence-corrected chi connectivity index (χ4v) is 9.30. The van der Waals surface area contributed by atoms with Gasteiger partial charge in [0.2, 0.25) is 0 Å². The fraction of sp³-hybridized carbons (Fsp3) is 0. The minimum atomic E-state index is -4.81. The number of para-hydroxylation sites is 3. The molecule has 0 bridgehead atoms. The van der Waals surface area contributed by atoms with Crippen molar-refractivity contribution in [3.63, 3.8) is 0 Å². The van der Waals surface area contributed by atoms with Crippen LogP contribution in [0.3, 0.4) is 0 Å². The molecule has 0 aliphatic carbocycles. The molecule has 0 saturated heterocycles. The van der Waals surface area contributed by atoms with Crippen molar-refractivity contribution in [2.75, 3.05) is 14.2 Å². The minimum Gasteiger partial charge on any atom is -0.280 e. The zero-order valence-corrected chi connectivity index (χ0v) is 23.2. The lowest BCUT2D eigenvalue weighted by Gasteiger charge is -2.20. The van der Waals surface area contributed by atoms with E-state index >= 15 is 0 Å². The number of fused-ring (bicyclic) bond motifs is 1. The van der Waals surface area contributed by atoms with Crippen LogP contribution in [0, 0.1) is 0 Å². The van der Waals surface area contributed by atoms with E-state index in [1.807, 2.05) is 0 Å². The van der Waals surface area contributed by atoms with Gasteiger partial charge in [0.25, 0.3) is 30.1 Å². The van der Waals surface area contributed by atoms with Gasteiger partial charge >= 0.3 is 0 Å². The van der Waals surface area contributed by atoms with Crippen molar-refractivity contribution in [1.82, 2.24) is 0 Å². The lowest BCUT2D eigenvalue weighted by atomic mass is 10.1. The molecule has 0 aliphatic rings. The van der Waals surface area contributed by atoms with Gasteiger partial charge in [0, 0.05) is 22.4 Å². The second-order valence-electron chi connectivity index (χ2n) is 8.67. The van der Waals surface area contributed by atoms with Crippen LogP contribution < -0.4 is 14.2 Å². The van der Waals surface area contributed by atoms with Crippen molar-refractivity contribution in [1.29, 1.82) is 0 Å². The van der Waals surface area contributed by atoms with Gasteiger partial charge in [-0.1, -0.05) is 78.9 Å². The van der Waals surface area contributed by atoms with Crippen LogP contribution in [0.25, 0.3) is 10.8 Å². The van der Waals surface area contributed by atoms with Gasteiger partial charge in [-0.25, -0.2) is 25.3 Å². The van der Waals surface area contributed by atoms with E-state index in [2.05, 4.69) is 14.2 Å². The number of sulfonamides is 3. The summed E-state index contributed by atoms with van der Waals surface area (Å²) in [6.07, 6.45) is 0. The van der Waals surface area contributed by atoms with Gasteiger partial charge in [0.15, 0.2) is 0 Å². The Morgan fingerprint density at radius 1 is 0.400 bits per heavy atom. The van der Waals surface area contributed by atoms with Gasteiger partial charge in [-0.15, -0.1) is 0 Å². The highest BCUT2D eigenvalue weighted by atomic mass is 32.2. The number of nitrogens with one attached hydrogen (secondary N) is 3. The Hall–Kier alpha value is -4.39. The first kappa shape index (κ1) is 27.2. The van der Waals surface area contributed by atoms with Gasteiger partial charge < -0.3 is 0 Å². The summed E-state index contributed by atoms with van der Waals surface area (Å²) in [5.74, 6) is 0. The van der Waals surface area contributed by atoms with Gasteiger partial charge in [-0.2, -0.15) is 0 Å². The third-order valence-corrected chi connectivity index (χ3v) is 10.4. The van der Waals surface area contributed by atoms with E-state index in [9.17, 15) is 25.3 Å². The molecule has 0 fully saturated rings. The molecule has 204 valence electrons. The second-order valence-corrected chi connectivity index (χ2v) is 13.6. The molecule has 5 rings (SSSR count). The number of rotatable bonds is 9. The van der Waals surface area contributed by atoms with E-state index in [1.165, 1.54) is 48.5 Å². The Morgan fingerprint density at radius 2 is 0.775 bits per heavy atom. The smallest absolute Gasteiger partial charge is 0.264 e. The van der Waals surface area contributed by atoms with Crippen LogP contribution in [0.5, 0.6) is 0 Å². The van der Waals surface area contributed by atoms with Gasteiger partial charge in [0.1, 0.15) is 14.7 Å². The summed E-state index contributed by atoms with van der Waals surface area (Å²) in [5, 5.41) is 0.237. The SMILES string of the molecule is O=S(=O)(Nc1ccccc1)c1cc2ccccc2c(S(=O)(=O)Nc2ccccc2)c1S(=O)(=O)Nc1ccccc1. The lowest BCUT2D eigenvalue weighted by Crippen LogP contribution is -2.25. The van der Waals surface area contributed by atoms with E-state index in [1.54, 1.807) is 66.7 Å². The zero-order chi connectivity index (χ0) is 28.4. The molecule has 0 heterocycles. The first-order chi connectivity index (χ1) is 19.1. The third kappa shape index (κ3) is 5.64. The predicted molar refractivity (Wildman–Crippen MR) is 156 cm³/mol. The molecule has 0 aliphatic heterocycles. The van der Waals surface area contributed by atoms with Crippen LogP contribution in [0.1, 0.15) is 0 Å². The maximum Gasteiger partial charge on any atom is 0.264 e. The highest BCUT2D eigenvalue weighted by molar-refractivity contribution is 7.97. The molecule has 5 aromatic carbocycles. The summed E-state index contributed by atoms with van der Waals surface area (Å²) in [4.78, 5) is -2.35. The van der Waals surface area contributed by atoms with Crippen molar-refractivity contribution >= 4 is 57.9 Å². The van der Waals surface area contributed by atoms with Crippen molar-refractivity contribution in [2.45, 2.75) is 14.7 Å². The van der Waals surface area contributed by atoms with Crippen LogP contribution >= 0.6 is 0 Å². The number of benzene rings is 5. The standard InChI is InChI=1S/C28H23N3O6S3/c32-38(33,29-22-13-4-1-5-14-22)26-20-21-12-10-11-19-25(21)27(39(34,35)30-23-15-6-2-7-16-23)28(26)40(36,37)31-24-17-8-3-9-18-24/h1-20,29-31H. The van der Waals surface area contributed by atoms with Crippen molar-refractivity contribution in [3.8, 4) is 0 Å². The highest BCUT2D eigenvalue weighted by Crippen LogP contribution is 2.38. The predicted octanol–water partition coefficient (Wildman–Crippen LogP) is 5.24. The maximum absolute atomic E-state index is 14.0. The summed E-state index contributed by atoms with van der Waals surface area (Å²) < 4.78 is 90.6. The summed E-state index contributed by atoms with van der Waals surface area (Å²) in [5.41, 5.74) is 0.456. The first-order valence-electron chi connectivity index (χ1n) is 11.9. The van der Waals surface area contributed by atoms with E-state index in [0.717, 1.165) is 6.07 Å².